The minimum absolute atomic E-state index is 0.166. The van der Waals surface area contributed by atoms with Crippen LogP contribution in [0.2, 0.25) is 0 Å². The summed E-state index contributed by atoms with van der Waals surface area (Å²) in [5.41, 5.74) is 1.25. The molecule has 0 saturated carbocycles. The lowest BCUT2D eigenvalue weighted by atomic mass is 10.2. The lowest BCUT2D eigenvalue weighted by Crippen LogP contribution is -2.37. The van der Waals surface area contributed by atoms with E-state index in [9.17, 15) is 9.59 Å². The van der Waals surface area contributed by atoms with Crippen LogP contribution in [0.4, 0.5) is 10.5 Å². The fourth-order valence-corrected chi connectivity index (χ4v) is 1.77. The summed E-state index contributed by atoms with van der Waals surface area (Å²) in [6.45, 7) is 0.513. The second kappa shape index (κ2) is 8.59. The SMILES string of the molecule is CN(C(=O)NCCCCCC(=O)O)c1ccc(C#N)cc1. The van der Waals surface area contributed by atoms with Crippen LogP contribution in [0.1, 0.15) is 31.2 Å². The molecule has 1 aromatic rings. The zero-order valence-corrected chi connectivity index (χ0v) is 12.0. The standard InChI is InChI=1S/C15H19N3O3/c1-18(13-8-6-12(11-16)7-9-13)15(21)17-10-4-2-3-5-14(19)20/h6-9H,2-5,10H2,1H3,(H,17,21)(H,19,20). The fraction of sp³-hybridized carbons (Fsp3) is 0.400. The Morgan fingerprint density at radius 1 is 1.24 bits per heavy atom. The fourth-order valence-electron chi connectivity index (χ4n) is 1.77. The first kappa shape index (κ1) is 16.5. The van der Waals surface area contributed by atoms with Crippen molar-refractivity contribution in [3.63, 3.8) is 0 Å². The number of unbranched alkanes of at least 4 members (excludes halogenated alkanes) is 2. The predicted octanol–water partition coefficient (Wildman–Crippen LogP) is 2.35. The number of aliphatic carboxylic acids is 1. The molecule has 0 aliphatic heterocycles. The van der Waals surface area contributed by atoms with Crippen LogP contribution in [-0.2, 0) is 4.79 Å². The van der Waals surface area contributed by atoms with Crippen molar-refractivity contribution >= 4 is 17.7 Å². The molecule has 0 unspecified atom stereocenters. The maximum atomic E-state index is 11.9. The molecule has 0 heterocycles. The number of rotatable bonds is 7. The molecule has 6 heteroatoms. The summed E-state index contributed by atoms with van der Waals surface area (Å²) >= 11 is 0. The van der Waals surface area contributed by atoms with Gasteiger partial charge >= 0.3 is 12.0 Å². The smallest absolute Gasteiger partial charge is 0.321 e. The summed E-state index contributed by atoms with van der Waals surface area (Å²) in [4.78, 5) is 23.7. The van der Waals surface area contributed by atoms with Crippen molar-refractivity contribution < 1.29 is 14.7 Å². The Kier molecular flexibility index (Phi) is 6.75. The Labute approximate surface area is 124 Å². The van der Waals surface area contributed by atoms with Crippen molar-refractivity contribution in [2.24, 2.45) is 0 Å². The van der Waals surface area contributed by atoms with Crippen molar-refractivity contribution in [1.29, 1.82) is 5.26 Å². The van der Waals surface area contributed by atoms with Gasteiger partial charge in [0.2, 0.25) is 0 Å². The molecule has 6 nitrogen and oxygen atoms in total. The second-order valence-corrected chi connectivity index (χ2v) is 4.65. The number of nitrogens with zero attached hydrogens (tertiary/aromatic N) is 2. The molecule has 0 spiro atoms. The topological polar surface area (TPSA) is 93.4 Å². The summed E-state index contributed by atoms with van der Waals surface area (Å²) in [6, 6.07) is 8.54. The molecule has 1 rings (SSSR count). The minimum atomic E-state index is -0.792. The number of anilines is 1. The number of nitrogens with one attached hydrogen (secondary N) is 1. The lowest BCUT2D eigenvalue weighted by Gasteiger charge is -2.18. The van der Waals surface area contributed by atoms with Gasteiger partial charge in [0.05, 0.1) is 11.6 Å². The first-order chi connectivity index (χ1) is 10.0. The summed E-state index contributed by atoms with van der Waals surface area (Å²) < 4.78 is 0. The summed E-state index contributed by atoms with van der Waals surface area (Å²) in [7, 11) is 1.65. The molecule has 21 heavy (non-hydrogen) atoms. The maximum absolute atomic E-state index is 11.9. The predicted molar refractivity (Wildman–Crippen MR) is 79.1 cm³/mol. The highest BCUT2D eigenvalue weighted by atomic mass is 16.4. The number of carboxylic acid groups (broad SMARTS) is 1. The van der Waals surface area contributed by atoms with E-state index in [4.69, 9.17) is 10.4 Å². The van der Waals surface area contributed by atoms with E-state index in [1.165, 1.54) is 4.90 Å². The van der Waals surface area contributed by atoms with Gasteiger partial charge in [-0.1, -0.05) is 6.42 Å². The highest BCUT2D eigenvalue weighted by Crippen LogP contribution is 2.13. The van der Waals surface area contributed by atoms with Crippen LogP contribution >= 0.6 is 0 Å². The third-order valence-corrected chi connectivity index (χ3v) is 3.03. The lowest BCUT2D eigenvalue weighted by molar-refractivity contribution is -0.137. The Morgan fingerprint density at radius 2 is 1.90 bits per heavy atom. The number of amides is 2. The van der Waals surface area contributed by atoms with Crippen molar-refractivity contribution in [3.8, 4) is 6.07 Å². The third-order valence-electron chi connectivity index (χ3n) is 3.03. The highest BCUT2D eigenvalue weighted by Gasteiger charge is 2.09. The van der Waals surface area contributed by atoms with Crippen LogP contribution in [0.5, 0.6) is 0 Å². The first-order valence-electron chi connectivity index (χ1n) is 6.78. The Bertz CT molecular complexity index is 520. The summed E-state index contributed by atoms with van der Waals surface area (Å²) in [6.07, 6.45) is 2.31. The van der Waals surface area contributed by atoms with Gasteiger partial charge in [-0.2, -0.15) is 5.26 Å². The number of nitriles is 1. The number of hydrogen-bond acceptors (Lipinski definition) is 3. The highest BCUT2D eigenvalue weighted by molar-refractivity contribution is 5.91. The van der Waals surface area contributed by atoms with Crippen LogP contribution in [0, 0.1) is 11.3 Å². The molecule has 112 valence electrons. The molecule has 2 amide bonds. The van der Waals surface area contributed by atoms with Gasteiger partial charge in [0.1, 0.15) is 0 Å². The normalized spacial score (nSPS) is 9.71. The molecule has 0 aliphatic carbocycles. The molecule has 2 N–H and O–H groups in total. The number of carbonyl (C=O) groups is 2. The minimum Gasteiger partial charge on any atom is -0.481 e. The number of benzene rings is 1. The van der Waals surface area contributed by atoms with E-state index in [2.05, 4.69) is 5.32 Å². The number of carboxylic acids is 1. The van der Waals surface area contributed by atoms with E-state index in [1.54, 1.807) is 31.3 Å². The summed E-state index contributed by atoms with van der Waals surface area (Å²) in [5.74, 6) is -0.792. The van der Waals surface area contributed by atoms with Crippen LogP contribution in [0.15, 0.2) is 24.3 Å². The second-order valence-electron chi connectivity index (χ2n) is 4.65. The molecule has 0 aliphatic rings. The largest absolute Gasteiger partial charge is 0.481 e. The van der Waals surface area contributed by atoms with Crippen molar-refractivity contribution in [1.82, 2.24) is 5.32 Å². The maximum Gasteiger partial charge on any atom is 0.321 e. The van der Waals surface area contributed by atoms with E-state index >= 15 is 0 Å². The van der Waals surface area contributed by atoms with E-state index in [-0.39, 0.29) is 12.5 Å². The van der Waals surface area contributed by atoms with E-state index in [0.29, 0.717) is 24.2 Å². The molecular formula is C15H19N3O3. The molecule has 0 bridgehead atoms. The average molecular weight is 289 g/mol. The Hall–Kier alpha value is -2.55. The van der Waals surface area contributed by atoms with Gasteiger partial charge in [-0.25, -0.2) is 4.79 Å². The number of urea groups is 1. The molecule has 0 atom stereocenters. The van der Waals surface area contributed by atoms with Crippen molar-refractivity contribution in [2.45, 2.75) is 25.7 Å². The van der Waals surface area contributed by atoms with Crippen LogP contribution in [-0.4, -0.2) is 30.7 Å². The van der Waals surface area contributed by atoms with Gasteiger partial charge in [-0.05, 0) is 37.1 Å². The van der Waals surface area contributed by atoms with Gasteiger partial charge < -0.3 is 10.4 Å². The summed E-state index contributed by atoms with van der Waals surface area (Å²) in [5, 5.41) is 20.0. The van der Waals surface area contributed by atoms with Gasteiger partial charge in [-0.15, -0.1) is 0 Å². The van der Waals surface area contributed by atoms with Gasteiger partial charge in [-0.3, -0.25) is 9.69 Å². The zero-order chi connectivity index (χ0) is 15.7. The molecule has 0 saturated heterocycles. The Balaban J connectivity index is 2.30. The van der Waals surface area contributed by atoms with E-state index in [1.807, 2.05) is 6.07 Å². The van der Waals surface area contributed by atoms with Gasteiger partial charge in [0.25, 0.3) is 0 Å². The zero-order valence-electron chi connectivity index (χ0n) is 12.0. The van der Waals surface area contributed by atoms with Gasteiger partial charge in [0.15, 0.2) is 0 Å². The Morgan fingerprint density at radius 3 is 2.48 bits per heavy atom. The quantitative estimate of drug-likeness (QED) is 0.753. The van der Waals surface area contributed by atoms with Crippen molar-refractivity contribution in [3.05, 3.63) is 29.8 Å². The van der Waals surface area contributed by atoms with Crippen molar-refractivity contribution in [2.75, 3.05) is 18.5 Å². The van der Waals surface area contributed by atoms with Crippen LogP contribution in [0.3, 0.4) is 0 Å². The first-order valence-corrected chi connectivity index (χ1v) is 6.78. The molecule has 0 fully saturated rings. The van der Waals surface area contributed by atoms with Gasteiger partial charge in [0, 0.05) is 25.7 Å². The molecular weight excluding hydrogens is 270 g/mol. The monoisotopic (exact) mass is 289 g/mol. The average Bonchev–Trinajstić information content (AvgIpc) is 2.49. The molecule has 0 radical (unpaired) electrons. The number of hydrogen-bond donors (Lipinski definition) is 2. The van der Waals surface area contributed by atoms with Crippen LogP contribution in [0.25, 0.3) is 0 Å². The number of carbonyl (C=O) groups excluding carboxylic acids is 1. The van der Waals surface area contributed by atoms with E-state index < -0.39 is 5.97 Å². The third kappa shape index (κ3) is 5.95. The van der Waals surface area contributed by atoms with E-state index in [0.717, 1.165) is 12.8 Å². The molecule has 0 aromatic heterocycles. The van der Waals surface area contributed by atoms with Crippen LogP contribution < -0.4 is 10.2 Å². The molecule has 1 aromatic carbocycles.